The van der Waals surface area contributed by atoms with E-state index in [1.54, 1.807) is 30.0 Å². The van der Waals surface area contributed by atoms with Crippen molar-refractivity contribution in [1.29, 1.82) is 0 Å². The van der Waals surface area contributed by atoms with E-state index >= 15 is 0 Å². The van der Waals surface area contributed by atoms with Crippen molar-refractivity contribution in [2.24, 2.45) is 10.9 Å². The Morgan fingerprint density at radius 1 is 1.37 bits per heavy atom. The number of carbonyl (C=O) groups is 3. The van der Waals surface area contributed by atoms with Crippen LogP contribution in [0.15, 0.2) is 23.3 Å². The molecule has 1 aromatic carbocycles. The highest BCUT2D eigenvalue weighted by Crippen LogP contribution is 2.26. The molecule has 0 aromatic heterocycles. The number of amides is 2. The number of carboxylic acid groups (broad SMARTS) is 1. The summed E-state index contributed by atoms with van der Waals surface area (Å²) >= 11 is 0. The predicted molar refractivity (Wildman–Crippen MR) is 107 cm³/mol. The molecule has 1 fully saturated rings. The van der Waals surface area contributed by atoms with Crippen molar-refractivity contribution in [2.45, 2.75) is 31.9 Å². The molecular weight excluding hydrogens is 392 g/mol. The quantitative estimate of drug-likeness (QED) is 0.385. The van der Waals surface area contributed by atoms with Gasteiger partial charge in [0, 0.05) is 13.1 Å². The number of aliphatic carboxylic acids is 1. The average molecular weight is 418 g/mol. The van der Waals surface area contributed by atoms with E-state index in [2.05, 4.69) is 5.10 Å². The molecule has 0 unspecified atom stereocenters. The van der Waals surface area contributed by atoms with Gasteiger partial charge < -0.3 is 30.2 Å². The summed E-state index contributed by atoms with van der Waals surface area (Å²) < 4.78 is 11.0. The minimum absolute atomic E-state index is 0.143. The van der Waals surface area contributed by atoms with Crippen molar-refractivity contribution in [3.63, 3.8) is 0 Å². The molecule has 3 rings (SSSR count). The lowest BCUT2D eigenvalue weighted by molar-refractivity contribution is -0.147. The molecule has 0 aliphatic carbocycles. The Morgan fingerprint density at radius 2 is 2.10 bits per heavy atom. The van der Waals surface area contributed by atoms with Crippen molar-refractivity contribution in [3.05, 3.63) is 29.3 Å². The van der Waals surface area contributed by atoms with Gasteiger partial charge in [0.15, 0.2) is 0 Å². The van der Waals surface area contributed by atoms with Gasteiger partial charge >= 0.3 is 5.97 Å². The highest BCUT2D eigenvalue weighted by molar-refractivity contribution is 6.00. The molecule has 0 bridgehead atoms. The number of hydrogen-bond donors (Lipinski definition) is 2. The second kappa shape index (κ2) is 9.57. The van der Waals surface area contributed by atoms with E-state index in [1.807, 2.05) is 0 Å². The maximum Gasteiger partial charge on any atom is 0.329 e. The van der Waals surface area contributed by atoms with Crippen molar-refractivity contribution >= 4 is 24.0 Å². The van der Waals surface area contributed by atoms with E-state index in [1.165, 1.54) is 11.1 Å². The third kappa shape index (κ3) is 4.88. The fourth-order valence-corrected chi connectivity index (χ4v) is 3.71. The molecule has 162 valence electrons. The first-order valence-electron chi connectivity index (χ1n) is 9.84. The lowest BCUT2D eigenvalue weighted by atomic mass is 10.1. The smallest absolute Gasteiger partial charge is 0.329 e. The van der Waals surface area contributed by atoms with Crippen molar-refractivity contribution in [1.82, 2.24) is 9.80 Å². The molecule has 1 saturated heterocycles. The van der Waals surface area contributed by atoms with Gasteiger partial charge in [-0.25, -0.2) is 4.79 Å². The van der Waals surface area contributed by atoms with Crippen LogP contribution in [0.4, 0.5) is 0 Å². The fourth-order valence-electron chi connectivity index (χ4n) is 3.71. The summed E-state index contributed by atoms with van der Waals surface area (Å²) in [6.07, 6.45) is 2.42. The monoisotopic (exact) mass is 418 g/mol. The highest BCUT2D eigenvalue weighted by Gasteiger charge is 2.34. The number of fused-ring (bicyclic) bond motifs is 1. The maximum atomic E-state index is 13.1. The molecule has 0 spiro atoms. The topological polar surface area (TPSA) is 135 Å². The molecule has 2 amide bonds. The first-order valence-corrected chi connectivity index (χ1v) is 9.84. The van der Waals surface area contributed by atoms with E-state index in [-0.39, 0.29) is 31.1 Å². The maximum absolute atomic E-state index is 13.1. The van der Waals surface area contributed by atoms with E-state index in [0.717, 1.165) is 5.56 Å². The van der Waals surface area contributed by atoms with E-state index in [9.17, 15) is 14.4 Å². The molecule has 1 aromatic rings. The van der Waals surface area contributed by atoms with E-state index in [4.69, 9.17) is 20.4 Å². The summed E-state index contributed by atoms with van der Waals surface area (Å²) in [6, 6.07) is 4.42. The largest absolute Gasteiger partial charge is 0.491 e. The predicted octanol–water partition coefficient (Wildman–Crippen LogP) is 0.295. The Morgan fingerprint density at radius 3 is 2.77 bits per heavy atom. The molecular formula is C20H26N4O6. The lowest BCUT2D eigenvalue weighted by Crippen LogP contribution is -2.52. The SMILES string of the molecule is C[C@@H](C(=O)N1CCC(OCC(=O)O)CC1)N1CCOc2cc(C=NN)ccc2C1=O. The Balaban J connectivity index is 1.64. The van der Waals surface area contributed by atoms with Gasteiger partial charge in [-0.15, -0.1) is 0 Å². The lowest BCUT2D eigenvalue weighted by Gasteiger charge is -2.36. The Kier molecular flexibility index (Phi) is 6.88. The zero-order valence-corrected chi connectivity index (χ0v) is 16.8. The molecule has 2 aliphatic rings. The number of carboxylic acids is 1. The van der Waals surface area contributed by atoms with Crippen molar-refractivity contribution in [2.75, 3.05) is 32.8 Å². The highest BCUT2D eigenvalue weighted by atomic mass is 16.5. The molecule has 0 radical (unpaired) electrons. The summed E-state index contributed by atoms with van der Waals surface area (Å²) in [4.78, 5) is 39.9. The Labute approximate surface area is 174 Å². The number of piperidine rings is 1. The van der Waals surface area contributed by atoms with Gasteiger partial charge in [0.1, 0.15) is 25.0 Å². The number of hydrogen-bond acceptors (Lipinski definition) is 7. The second-order valence-electron chi connectivity index (χ2n) is 7.29. The number of ether oxygens (including phenoxy) is 2. The summed E-state index contributed by atoms with van der Waals surface area (Å²) in [5.41, 5.74) is 1.11. The minimum atomic E-state index is -1.01. The summed E-state index contributed by atoms with van der Waals surface area (Å²) in [5, 5.41) is 12.2. The number of hydrazone groups is 1. The zero-order valence-electron chi connectivity index (χ0n) is 16.8. The number of nitrogens with two attached hydrogens (primary N) is 1. The summed E-state index contributed by atoms with van der Waals surface area (Å²) in [7, 11) is 0. The standard InChI is InChI=1S/C20H26N4O6/c1-13(19(27)23-6-4-15(5-7-23)30-12-18(25)26)24-8-9-29-17-10-14(11-22-21)2-3-16(17)20(24)28/h2-3,10-11,13,15H,4-9,12,21H2,1H3,(H,25,26)/t13-/m0/s1. The van der Waals surface area contributed by atoms with Gasteiger partial charge in [-0.2, -0.15) is 5.10 Å². The minimum Gasteiger partial charge on any atom is -0.491 e. The average Bonchev–Trinajstić information content (AvgIpc) is 2.90. The van der Waals surface area contributed by atoms with E-state index in [0.29, 0.717) is 43.8 Å². The van der Waals surface area contributed by atoms with Crippen LogP contribution in [0.25, 0.3) is 0 Å². The van der Waals surface area contributed by atoms with Crippen LogP contribution in [0.5, 0.6) is 5.75 Å². The first kappa shape index (κ1) is 21.6. The van der Waals surface area contributed by atoms with Crippen LogP contribution < -0.4 is 10.6 Å². The fraction of sp³-hybridized carbons (Fsp3) is 0.500. The molecule has 10 nitrogen and oxygen atoms in total. The van der Waals surface area contributed by atoms with Gasteiger partial charge in [-0.05, 0) is 37.5 Å². The molecule has 2 aliphatic heterocycles. The van der Waals surface area contributed by atoms with E-state index < -0.39 is 12.0 Å². The third-order valence-corrected chi connectivity index (χ3v) is 5.33. The van der Waals surface area contributed by atoms with Crippen LogP contribution >= 0.6 is 0 Å². The Hall–Kier alpha value is -3.14. The molecule has 0 saturated carbocycles. The molecule has 2 heterocycles. The van der Waals surface area contributed by atoms with Gasteiger partial charge in [0.25, 0.3) is 5.91 Å². The van der Waals surface area contributed by atoms with Crippen molar-refractivity contribution < 1.29 is 29.0 Å². The van der Waals surface area contributed by atoms with Crippen LogP contribution in [-0.2, 0) is 14.3 Å². The normalized spacial score (nSPS) is 18.6. The zero-order chi connectivity index (χ0) is 21.7. The number of likely N-dealkylation sites (tertiary alicyclic amines) is 1. The number of benzene rings is 1. The van der Waals surface area contributed by atoms with Crippen LogP contribution in [0, 0.1) is 0 Å². The molecule has 3 N–H and O–H groups in total. The number of nitrogens with zero attached hydrogens (tertiary/aromatic N) is 3. The van der Waals surface area contributed by atoms with Gasteiger partial charge in [0.05, 0.1) is 24.4 Å². The van der Waals surface area contributed by atoms with Gasteiger partial charge in [-0.3, -0.25) is 9.59 Å². The third-order valence-electron chi connectivity index (χ3n) is 5.33. The van der Waals surface area contributed by atoms with Gasteiger partial charge in [0.2, 0.25) is 5.91 Å². The Bertz CT molecular complexity index is 835. The molecule has 30 heavy (non-hydrogen) atoms. The van der Waals surface area contributed by atoms with Crippen LogP contribution in [0.3, 0.4) is 0 Å². The number of rotatable bonds is 6. The van der Waals surface area contributed by atoms with Crippen LogP contribution in [-0.4, -0.2) is 83.9 Å². The first-order chi connectivity index (χ1) is 14.4. The summed E-state index contributed by atoms with van der Waals surface area (Å²) in [6.45, 7) is 2.86. The second-order valence-corrected chi connectivity index (χ2v) is 7.29. The van der Waals surface area contributed by atoms with Crippen LogP contribution in [0.1, 0.15) is 35.7 Å². The number of carbonyl (C=O) groups excluding carboxylic acids is 2. The van der Waals surface area contributed by atoms with Crippen LogP contribution in [0.2, 0.25) is 0 Å². The summed E-state index contributed by atoms with van der Waals surface area (Å²) in [5.74, 6) is 4.20. The van der Waals surface area contributed by atoms with Crippen molar-refractivity contribution in [3.8, 4) is 5.75 Å². The van der Waals surface area contributed by atoms with Gasteiger partial charge in [-0.1, -0.05) is 6.07 Å². The molecule has 10 heteroatoms. The molecule has 1 atom stereocenters.